The molecule has 6 heteroatoms. The number of pyridine rings is 1. The largest absolute Gasteiger partial charge is 0.355 e. The van der Waals surface area contributed by atoms with Crippen LogP contribution in [-0.4, -0.2) is 28.1 Å². The number of rotatable bonds is 5. The number of carbonyl (C=O) groups excluding carboxylic acids is 1. The number of hydrogen-bond acceptors (Lipinski definition) is 4. The SMILES string of the molecule is CNC(=O)c1cccc(Sc2ccc3c(C=Cc4ccccn4)n[nH]c3c2)c1. The summed E-state index contributed by atoms with van der Waals surface area (Å²) in [5, 5.41) is 11.2. The van der Waals surface area contributed by atoms with Crippen LogP contribution < -0.4 is 5.32 Å². The van der Waals surface area contributed by atoms with Gasteiger partial charge in [0.05, 0.1) is 16.9 Å². The first-order valence-corrected chi connectivity index (χ1v) is 9.62. The van der Waals surface area contributed by atoms with Crippen LogP contribution in [0.2, 0.25) is 0 Å². The van der Waals surface area contributed by atoms with E-state index in [-0.39, 0.29) is 5.91 Å². The van der Waals surface area contributed by atoms with Gasteiger partial charge in [-0.1, -0.05) is 23.9 Å². The Balaban J connectivity index is 1.56. The second-order valence-electron chi connectivity index (χ2n) is 6.11. The Hall–Kier alpha value is -3.38. The smallest absolute Gasteiger partial charge is 0.251 e. The van der Waals surface area contributed by atoms with Gasteiger partial charge in [0.1, 0.15) is 0 Å². The molecule has 0 radical (unpaired) electrons. The predicted molar refractivity (Wildman–Crippen MR) is 113 cm³/mol. The molecule has 2 aromatic heterocycles. The molecule has 5 nitrogen and oxygen atoms in total. The lowest BCUT2D eigenvalue weighted by molar-refractivity contribution is 0.0963. The number of hydrogen-bond donors (Lipinski definition) is 2. The molecular formula is C22H18N4OS. The Bertz CT molecular complexity index is 1150. The number of H-pyrrole nitrogens is 1. The van der Waals surface area contributed by atoms with Crippen LogP contribution in [0.25, 0.3) is 23.1 Å². The zero-order valence-electron chi connectivity index (χ0n) is 15.2. The van der Waals surface area contributed by atoms with Crippen LogP contribution in [-0.2, 0) is 0 Å². The van der Waals surface area contributed by atoms with Gasteiger partial charge in [-0.3, -0.25) is 14.9 Å². The second-order valence-corrected chi connectivity index (χ2v) is 7.26. The van der Waals surface area contributed by atoms with Gasteiger partial charge in [0.15, 0.2) is 0 Å². The molecule has 1 amide bonds. The Labute approximate surface area is 166 Å². The van der Waals surface area contributed by atoms with Crippen LogP contribution in [0.1, 0.15) is 21.7 Å². The van der Waals surface area contributed by atoms with E-state index in [9.17, 15) is 4.79 Å². The Kier molecular flexibility index (Phi) is 5.21. The summed E-state index contributed by atoms with van der Waals surface area (Å²) >= 11 is 1.61. The number of aromatic amines is 1. The number of aromatic nitrogens is 3. The first-order valence-electron chi connectivity index (χ1n) is 8.80. The molecule has 0 unspecified atom stereocenters. The van der Waals surface area contributed by atoms with Crippen LogP contribution in [0.4, 0.5) is 0 Å². The topological polar surface area (TPSA) is 70.7 Å². The number of nitrogens with one attached hydrogen (secondary N) is 2. The van der Waals surface area contributed by atoms with Crippen molar-refractivity contribution >= 4 is 40.7 Å². The van der Waals surface area contributed by atoms with Gasteiger partial charge < -0.3 is 5.32 Å². The van der Waals surface area contributed by atoms with Crippen molar-refractivity contribution in [2.45, 2.75) is 9.79 Å². The minimum atomic E-state index is -0.0872. The number of fused-ring (bicyclic) bond motifs is 1. The van der Waals surface area contributed by atoms with E-state index < -0.39 is 0 Å². The van der Waals surface area contributed by atoms with Crippen molar-refractivity contribution in [2.24, 2.45) is 0 Å². The third-order valence-electron chi connectivity index (χ3n) is 4.22. The quantitative estimate of drug-likeness (QED) is 0.524. The molecule has 0 aliphatic heterocycles. The summed E-state index contributed by atoms with van der Waals surface area (Å²) in [7, 11) is 1.63. The first kappa shape index (κ1) is 18.0. The fourth-order valence-electron chi connectivity index (χ4n) is 2.83. The maximum absolute atomic E-state index is 11.8. The summed E-state index contributed by atoms with van der Waals surface area (Å²) in [6.45, 7) is 0. The lowest BCUT2D eigenvalue weighted by Gasteiger charge is -2.05. The average molecular weight is 386 g/mol. The lowest BCUT2D eigenvalue weighted by atomic mass is 10.2. The maximum Gasteiger partial charge on any atom is 0.251 e. The van der Waals surface area contributed by atoms with Gasteiger partial charge in [-0.2, -0.15) is 5.10 Å². The average Bonchev–Trinajstić information content (AvgIpc) is 3.15. The van der Waals surface area contributed by atoms with Gasteiger partial charge >= 0.3 is 0 Å². The molecule has 2 aromatic carbocycles. The first-order chi connectivity index (χ1) is 13.7. The molecule has 4 aromatic rings. The molecule has 138 valence electrons. The van der Waals surface area contributed by atoms with E-state index in [2.05, 4.69) is 38.7 Å². The maximum atomic E-state index is 11.8. The summed E-state index contributed by atoms with van der Waals surface area (Å²) in [5.41, 5.74) is 3.38. The monoisotopic (exact) mass is 386 g/mol. The van der Waals surface area contributed by atoms with Crippen LogP contribution in [0.5, 0.6) is 0 Å². The van der Waals surface area contributed by atoms with Crippen molar-refractivity contribution in [3.8, 4) is 0 Å². The van der Waals surface area contributed by atoms with Crippen molar-refractivity contribution in [1.82, 2.24) is 20.5 Å². The van der Waals surface area contributed by atoms with Gasteiger partial charge in [0, 0.05) is 34.0 Å². The summed E-state index contributed by atoms with van der Waals surface area (Å²) < 4.78 is 0. The third-order valence-corrected chi connectivity index (χ3v) is 5.20. The van der Waals surface area contributed by atoms with E-state index in [4.69, 9.17) is 0 Å². The Morgan fingerprint density at radius 1 is 1.04 bits per heavy atom. The normalized spacial score (nSPS) is 11.2. The van der Waals surface area contributed by atoms with Gasteiger partial charge in [-0.15, -0.1) is 0 Å². The van der Waals surface area contributed by atoms with Crippen molar-refractivity contribution in [2.75, 3.05) is 7.05 Å². The zero-order chi connectivity index (χ0) is 19.3. The van der Waals surface area contributed by atoms with Crippen molar-refractivity contribution < 1.29 is 4.79 Å². The fraction of sp³-hybridized carbons (Fsp3) is 0.0455. The summed E-state index contributed by atoms with van der Waals surface area (Å²) in [5.74, 6) is -0.0872. The van der Waals surface area contributed by atoms with E-state index in [0.29, 0.717) is 5.56 Å². The molecule has 0 saturated heterocycles. The van der Waals surface area contributed by atoms with E-state index in [1.54, 1.807) is 31.1 Å². The molecule has 0 bridgehead atoms. The minimum absolute atomic E-state index is 0.0872. The zero-order valence-corrected chi connectivity index (χ0v) is 16.0. The van der Waals surface area contributed by atoms with Crippen LogP contribution >= 0.6 is 11.8 Å². The molecule has 28 heavy (non-hydrogen) atoms. The van der Waals surface area contributed by atoms with Gasteiger partial charge in [0.2, 0.25) is 0 Å². The molecule has 2 heterocycles. The molecular weight excluding hydrogens is 368 g/mol. The van der Waals surface area contributed by atoms with Gasteiger partial charge in [0.25, 0.3) is 5.91 Å². The lowest BCUT2D eigenvalue weighted by Crippen LogP contribution is -2.17. The minimum Gasteiger partial charge on any atom is -0.355 e. The van der Waals surface area contributed by atoms with Gasteiger partial charge in [-0.25, -0.2) is 0 Å². The van der Waals surface area contributed by atoms with Crippen molar-refractivity contribution in [1.29, 1.82) is 0 Å². The van der Waals surface area contributed by atoms with Crippen molar-refractivity contribution in [3.05, 3.63) is 83.8 Å². The van der Waals surface area contributed by atoms with Crippen LogP contribution in [0, 0.1) is 0 Å². The molecule has 0 saturated carbocycles. The Morgan fingerprint density at radius 2 is 1.93 bits per heavy atom. The molecule has 0 atom stereocenters. The number of amides is 1. The highest BCUT2D eigenvalue weighted by molar-refractivity contribution is 7.99. The summed E-state index contributed by atoms with van der Waals surface area (Å²) in [4.78, 5) is 18.2. The van der Waals surface area contributed by atoms with Crippen LogP contribution in [0.3, 0.4) is 0 Å². The Morgan fingerprint density at radius 3 is 2.75 bits per heavy atom. The van der Waals surface area contributed by atoms with Gasteiger partial charge in [-0.05, 0) is 60.7 Å². The van der Waals surface area contributed by atoms with E-state index >= 15 is 0 Å². The van der Waals surface area contributed by atoms with E-state index in [0.717, 1.165) is 32.1 Å². The molecule has 0 spiro atoms. The van der Waals surface area contributed by atoms with Crippen LogP contribution in [0.15, 0.2) is 76.7 Å². The number of nitrogens with zero attached hydrogens (tertiary/aromatic N) is 2. The molecule has 4 rings (SSSR count). The summed E-state index contributed by atoms with van der Waals surface area (Å²) in [6, 6.07) is 19.6. The predicted octanol–water partition coefficient (Wildman–Crippen LogP) is 4.64. The molecule has 0 aliphatic rings. The van der Waals surface area contributed by atoms with Crippen molar-refractivity contribution in [3.63, 3.8) is 0 Å². The standard InChI is InChI=1S/C22H18N4OS/c1-23-22(27)15-5-4-7-17(13-15)28-18-9-10-19-20(25-26-21(19)14-18)11-8-16-6-2-3-12-24-16/h2-14H,1H3,(H,23,27)(H,25,26). The van der Waals surface area contributed by atoms with E-state index in [1.165, 1.54) is 0 Å². The number of benzene rings is 2. The highest BCUT2D eigenvalue weighted by Gasteiger charge is 2.07. The molecule has 2 N–H and O–H groups in total. The molecule has 0 fully saturated rings. The number of carbonyl (C=O) groups is 1. The third kappa shape index (κ3) is 3.97. The highest BCUT2D eigenvalue weighted by Crippen LogP contribution is 2.31. The fourth-order valence-corrected chi connectivity index (χ4v) is 3.75. The highest BCUT2D eigenvalue weighted by atomic mass is 32.2. The second kappa shape index (κ2) is 8.10. The molecule has 0 aliphatic carbocycles. The van der Waals surface area contributed by atoms with E-state index in [1.807, 2.05) is 48.6 Å². The summed E-state index contributed by atoms with van der Waals surface area (Å²) in [6.07, 6.45) is 5.67.